The summed E-state index contributed by atoms with van der Waals surface area (Å²) in [5, 5.41) is 0.802. The molecule has 0 saturated carbocycles. The Morgan fingerprint density at radius 2 is 1.92 bits per heavy atom. The van der Waals surface area contributed by atoms with Crippen molar-refractivity contribution in [3.63, 3.8) is 0 Å². The lowest BCUT2D eigenvalue weighted by Gasteiger charge is -2.05. The normalized spacial score (nSPS) is 11.8. The number of benzene rings is 1. The Balaban J connectivity index is 2.87. The van der Waals surface area contributed by atoms with Crippen molar-refractivity contribution in [1.82, 2.24) is 0 Å². The molecule has 0 fully saturated rings. The maximum Gasteiger partial charge on any atom is 0.0406 e. The first-order valence-electron chi connectivity index (χ1n) is 4.69. The summed E-state index contributed by atoms with van der Waals surface area (Å²) >= 11 is 5.82. The van der Waals surface area contributed by atoms with Crippen LogP contribution in [0.25, 0.3) is 5.57 Å². The molecule has 0 unspecified atom stereocenters. The van der Waals surface area contributed by atoms with Gasteiger partial charge in [-0.3, -0.25) is 0 Å². The molecule has 0 nitrogen and oxygen atoms in total. The molecule has 0 aromatic heterocycles. The molecule has 0 saturated heterocycles. The van der Waals surface area contributed by atoms with Crippen LogP contribution in [0.3, 0.4) is 0 Å². The van der Waals surface area contributed by atoms with Crippen LogP contribution in [-0.4, -0.2) is 0 Å². The van der Waals surface area contributed by atoms with Crippen LogP contribution in [-0.2, 0) is 0 Å². The summed E-state index contributed by atoms with van der Waals surface area (Å²) < 4.78 is 0. The van der Waals surface area contributed by atoms with Gasteiger partial charge in [0.15, 0.2) is 0 Å². The molecule has 0 spiro atoms. The van der Waals surface area contributed by atoms with Crippen molar-refractivity contribution in [3.05, 3.63) is 40.9 Å². The van der Waals surface area contributed by atoms with E-state index in [4.69, 9.17) is 11.6 Å². The fraction of sp³-hybridized carbons (Fsp3) is 0.333. The zero-order chi connectivity index (χ0) is 9.68. The fourth-order valence-electron chi connectivity index (χ4n) is 1.39. The third kappa shape index (κ3) is 2.89. The monoisotopic (exact) mass is 194 g/mol. The van der Waals surface area contributed by atoms with Crippen LogP contribution in [0.4, 0.5) is 0 Å². The Labute approximate surface area is 85.2 Å². The van der Waals surface area contributed by atoms with Gasteiger partial charge in [-0.25, -0.2) is 0 Å². The van der Waals surface area contributed by atoms with E-state index < -0.39 is 0 Å². The average Bonchev–Trinajstić information content (AvgIpc) is 2.16. The molecule has 1 rings (SSSR count). The van der Waals surface area contributed by atoms with E-state index in [1.165, 1.54) is 17.6 Å². The van der Waals surface area contributed by atoms with Crippen molar-refractivity contribution in [3.8, 4) is 0 Å². The average molecular weight is 195 g/mol. The molecule has 0 atom stereocenters. The summed E-state index contributed by atoms with van der Waals surface area (Å²) in [7, 11) is 0. The molecule has 13 heavy (non-hydrogen) atoms. The molecule has 1 aromatic rings. The highest BCUT2D eigenvalue weighted by atomic mass is 35.5. The van der Waals surface area contributed by atoms with Crippen molar-refractivity contribution in [1.29, 1.82) is 0 Å². The molecule has 70 valence electrons. The standard InChI is InChI=1S/C12H15Cl/c1-3-5-10(4-2)11-6-8-12(13)9-7-11/h4,6-9H,3,5H2,1-2H3. The highest BCUT2D eigenvalue weighted by molar-refractivity contribution is 6.30. The molecule has 0 aliphatic carbocycles. The molecule has 0 heterocycles. The molecule has 0 amide bonds. The number of hydrogen-bond donors (Lipinski definition) is 0. The maximum atomic E-state index is 5.82. The Morgan fingerprint density at radius 1 is 1.31 bits per heavy atom. The second-order valence-electron chi connectivity index (χ2n) is 3.07. The van der Waals surface area contributed by atoms with E-state index in [2.05, 4.69) is 32.1 Å². The second-order valence-corrected chi connectivity index (χ2v) is 3.51. The lowest BCUT2D eigenvalue weighted by Crippen LogP contribution is -1.83. The van der Waals surface area contributed by atoms with Crippen LogP contribution < -0.4 is 0 Å². The summed E-state index contributed by atoms with van der Waals surface area (Å²) in [5.74, 6) is 0. The molecular formula is C12H15Cl. The van der Waals surface area contributed by atoms with Gasteiger partial charge in [0.1, 0.15) is 0 Å². The van der Waals surface area contributed by atoms with Crippen molar-refractivity contribution < 1.29 is 0 Å². The third-order valence-corrected chi connectivity index (χ3v) is 2.33. The van der Waals surface area contributed by atoms with Gasteiger partial charge in [-0.2, -0.15) is 0 Å². The lowest BCUT2D eigenvalue weighted by molar-refractivity contribution is 0.972. The largest absolute Gasteiger partial charge is 0.0843 e. The quantitative estimate of drug-likeness (QED) is 0.663. The van der Waals surface area contributed by atoms with Gasteiger partial charge < -0.3 is 0 Å². The molecule has 0 radical (unpaired) electrons. The van der Waals surface area contributed by atoms with Crippen LogP contribution in [0.2, 0.25) is 5.02 Å². The van der Waals surface area contributed by atoms with Crippen molar-refractivity contribution in [2.75, 3.05) is 0 Å². The first-order valence-corrected chi connectivity index (χ1v) is 5.06. The highest BCUT2D eigenvalue weighted by Gasteiger charge is 1.98. The van der Waals surface area contributed by atoms with E-state index in [0.717, 1.165) is 11.4 Å². The Morgan fingerprint density at radius 3 is 2.38 bits per heavy atom. The zero-order valence-electron chi connectivity index (χ0n) is 8.18. The molecule has 0 aliphatic rings. The van der Waals surface area contributed by atoms with E-state index in [0.29, 0.717) is 0 Å². The van der Waals surface area contributed by atoms with Gasteiger partial charge in [0.05, 0.1) is 0 Å². The van der Waals surface area contributed by atoms with E-state index in [1.54, 1.807) is 0 Å². The van der Waals surface area contributed by atoms with Gasteiger partial charge in [0.25, 0.3) is 0 Å². The van der Waals surface area contributed by atoms with Gasteiger partial charge in [-0.15, -0.1) is 0 Å². The van der Waals surface area contributed by atoms with Crippen molar-refractivity contribution >= 4 is 17.2 Å². The fourth-order valence-corrected chi connectivity index (χ4v) is 1.51. The molecule has 0 aliphatic heterocycles. The van der Waals surface area contributed by atoms with Gasteiger partial charge in [-0.05, 0) is 36.6 Å². The molecule has 0 bridgehead atoms. The summed E-state index contributed by atoms with van der Waals surface area (Å²) in [6.45, 7) is 4.28. The summed E-state index contributed by atoms with van der Waals surface area (Å²) in [4.78, 5) is 0. The Kier molecular flexibility index (Phi) is 4.04. The molecule has 0 N–H and O–H groups in total. The predicted octanol–water partition coefficient (Wildman–Crippen LogP) is 4.54. The minimum absolute atomic E-state index is 0.802. The van der Waals surface area contributed by atoms with Gasteiger partial charge in [-0.1, -0.05) is 43.2 Å². The number of allylic oxidation sites excluding steroid dienone is 2. The number of rotatable bonds is 3. The molecule has 1 heteroatoms. The second kappa shape index (κ2) is 5.08. The number of halogens is 1. The van der Waals surface area contributed by atoms with Gasteiger partial charge in [0, 0.05) is 5.02 Å². The van der Waals surface area contributed by atoms with Crippen LogP contribution in [0.15, 0.2) is 30.3 Å². The van der Waals surface area contributed by atoms with Crippen molar-refractivity contribution in [2.45, 2.75) is 26.7 Å². The topological polar surface area (TPSA) is 0 Å². The van der Waals surface area contributed by atoms with E-state index in [-0.39, 0.29) is 0 Å². The first kappa shape index (κ1) is 10.3. The number of hydrogen-bond acceptors (Lipinski definition) is 0. The maximum absolute atomic E-state index is 5.82. The smallest absolute Gasteiger partial charge is 0.0406 e. The van der Waals surface area contributed by atoms with Crippen molar-refractivity contribution in [2.24, 2.45) is 0 Å². The first-order chi connectivity index (χ1) is 6.27. The highest BCUT2D eigenvalue weighted by Crippen LogP contribution is 2.21. The summed E-state index contributed by atoms with van der Waals surface area (Å²) in [5.41, 5.74) is 2.69. The summed E-state index contributed by atoms with van der Waals surface area (Å²) in [6, 6.07) is 8.03. The van der Waals surface area contributed by atoms with E-state index in [1.807, 2.05) is 12.1 Å². The van der Waals surface area contributed by atoms with Crippen LogP contribution in [0, 0.1) is 0 Å². The lowest BCUT2D eigenvalue weighted by atomic mass is 10.0. The Hall–Kier alpha value is -0.750. The third-order valence-electron chi connectivity index (χ3n) is 2.08. The van der Waals surface area contributed by atoms with Crippen LogP contribution in [0.5, 0.6) is 0 Å². The van der Waals surface area contributed by atoms with E-state index >= 15 is 0 Å². The van der Waals surface area contributed by atoms with Crippen LogP contribution >= 0.6 is 11.6 Å². The van der Waals surface area contributed by atoms with Gasteiger partial charge >= 0.3 is 0 Å². The van der Waals surface area contributed by atoms with Gasteiger partial charge in [0.2, 0.25) is 0 Å². The van der Waals surface area contributed by atoms with Crippen LogP contribution in [0.1, 0.15) is 32.3 Å². The zero-order valence-corrected chi connectivity index (χ0v) is 8.93. The Bertz CT molecular complexity index is 282. The minimum Gasteiger partial charge on any atom is -0.0843 e. The predicted molar refractivity (Wildman–Crippen MR) is 60.0 cm³/mol. The minimum atomic E-state index is 0.802. The van der Waals surface area contributed by atoms with E-state index in [9.17, 15) is 0 Å². The molecule has 1 aromatic carbocycles. The molecular weight excluding hydrogens is 180 g/mol. The summed E-state index contributed by atoms with van der Waals surface area (Å²) in [6.07, 6.45) is 4.49. The SMILES string of the molecule is CC=C(CCC)c1ccc(Cl)cc1.